The summed E-state index contributed by atoms with van der Waals surface area (Å²) >= 11 is 6.13. The molecule has 0 saturated carbocycles. The number of ether oxygens (including phenoxy) is 1. The van der Waals surface area contributed by atoms with Crippen molar-refractivity contribution in [2.24, 2.45) is 11.8 Å². The van der Waals surface area contributed by atoms with Gasteiger partial charge in [-0.15, -0.1) is 0 Å². The molecule has 0 N–H and O–H groups in total. The van der Waals surface area contributed by atoms with Crippen molar-refractivity contribution >= 4 is 34.9 Å². The number of benzene rings is 2. The Morgan fingerprint density at radius 2 is 1.86 bits per heavy atom. The van der Waals surface area contributed by atoms with Crippen molar-refractivity contribution in [2.75, 3.05) is 4.90 Å². The normalized spacial score (nSPS) is 30.2. The van der Waals surface area contributed by atoms with Gasteiger partial charge in [0.1, 0.15) is 0 Å². The zero-order valence-electron chi connectivity index (χ0n) is 15.0. The summed E-state index contributed by atoms with van der Waals surface area (Å²) in [6.45, 7) is 1.82. The third-order valence-corrected chi connectivity index (χ3v) is 6.04. The van der Waals surface area contributed by atoms with Crippen LogP contribution in [0.5, 0.6) is 0 Å². The highest BCUT2D eigenvalue weighted by molar-refractivity contribution is 6.32. The number of amides is 2. The Bertz CT molecular complexity index is 1060. The van der Waals surface area contributed by atoms with Gasteiger partial charge >= 0.3 is 0 Å². The summed E-state index contributed by atoms with van der Waals surface area (Å²) in [5, 5.41) is 0.361. The molecule has 0 aliphatic carbocycles. The maximum absolute atomic E-state index is 13.2. The van der Waals surface area contributed by atoms with E-state index in [1.165, 1.54) is 6.07 Å². The standard InChI is InChI=1S/C22H16ClNO4/c1-22-10-9-16(28-22)17-18(22)21(27)24(20(17)26)15-8-7-13(23)11-14(15)19(25)12-5-3-2-4-6-12/h2-11,16-18H,1H3/t16-,17-,18-,22-/m1/s1. The molecule has 3 aliphatic heterocycles. The van der Waals surface area contributed by atoms with Crippen LogP contribution in [0.3, 0.4) is 0 Å². The molecule has 2 bridgehead atoms. The van der Waals surface area contributed by atoms with Gasteiger partial charge in [-0.25, -0.2) is 4.90 Å². The van der Waals surface area contributed by atoms with Crippen LogP contribution in [-0.4, -0.2) is 29.3 Å². The first kappa shape index (κ1) is 17.3. The predicted octanol–water partition coefficient (Wildman–Crippen LogP) is 3.40. The highest BCUT2D eigenvalue weighted by atomic mass is 35.5. The number of carbonyl (C=O) groups excluding carboxylic acids is 3. The number of nitrogens with zero attached hydrogens (tertiary/aromatic N) is 1. The lowest BCUT2D eigenvalue weighted by atomic mass is 9.78. The number of imide groups is 1. The van der Waals surface area contributed by atoms with Crippen LogP contribution in [-0.2, 0) is 14.3 Å². The average Bonchev–Trinajstić information content (AvgIpc) is 3.31. The van der Waals surface area contributed by atoms with Gasteiger partial charge in [-0.1, -0.05) is 54.1 Å². The largest absolute Gasteiger partial charge is 0.362 e. The van der Waals surface area contributed by atoms with E-state index >= 15 is 0 Å². The van der Waals surface area contributed by atoms with E-state index in [4.69, 9.17) is 16.3 Å². The summed E-state index contributed by atoms with van der Waals surface area (Å²) in [6.07, 6.45) is 3.29. The highest BCUT2D eigenvalue weighted by Crippen LogP contribution is 2.52. The average molecular weight is 394 g/mol. The number of halogens is 1. The fourth-order valence-corrected chi connectivity index (χ4v) is 4.69. The van der Waals surface area contributed by atoms with E-state index < -0.39 is 23.5 Å². The summed E-state index contributed by atoms with van der Waals surface area (Å²) in [6, 6.07) is 13.4. The molecule has 2 aromatic rings. The Kier molecular flexibility index (Phi) is 3.63. The fourth-order valence-electron chi connectivity index (χ4n) is 4.52. The Morgan fingerprint density at radius 1 is 1.11 bits per heavy atom. The maximum Gasteiger partial charge on any atom is 0.241 e. The molecule has 2 aromatic carbocycles. The summed E-state index contributed by atoms with van der Waals surface area (Å²) < 4.78 is 5.85. The Balaban J connectivity index is 1.61. The third-order valence-electron chi connectivity index (χ3n) is 5.81. The van der Waals surface area contributed by atoms with Crippen molar-refractivity contribution < 1.29 is 19.1 Å². The maximum atomic E-state index is 13.2. The molecule has 2 amide bonds. The number of rotatable bonds is 3. The Morgan fingerprint density at radius 3 is 2.57 bits per heavy atom. The Labute approximate surface area is 166 Å². The van der Waals surface area contributed by atoms with Gasteiger partial charge in [0.15, 0.2) is 5.78 Å². The molecular formula is C22H16ClNO4. The van der Waals surface area contributed by atoms with E-state index in [0.29, 0.717) is 10.6 Å². The van der Waals surface area contributed by atoms with Crippen LogP contribution in [0, 0.1) is 11.8 Å². The second kappa shape index (κ2) is 5.87. The SMILES string of the molecule is C[C@]12C=C[C@@H](O1)[C@H]1C(=O)N(c3ccc(Cl)cc3C(=O)c3ccccc3)C(=O)[C@@H]12. The van der Waals surface area contributed by atoms with E-state index in [1.54, 1.807) is 36.4 Å². The molecule has 3 aliphatic rings. The molecule has 4 atom stereocenters. The molecule has 5 rings (SSSR count). The molecule has 0 spiro atoms. The molecule has 2 saturated heterocycles. The van der Waals surface area contributed by atoms with Crippen molar-refractivity contribution in [1.82, 2.24) is 0 Å². The molecule has 6 heteroatoms. The van der Waals surface area contributed by atoms with Crippen LogP contribution >= 0.6 is 11.6 Å². The van der Waals surface area contributed by atoms with Crippen LogP contribution in [0.15, 0.2) is 60.7 Å². The topological polar surface area (TPSA) is 63.7 Å². The van der Waals surface area contributed by atoms with Gasteiger partial charge in [-0.2, -0.15) is 0 Å². The minimum Gasteiger partial charge on any atom is -0.362 e. The lowest BCUT2D eigenvalue weighted by Gasteiger charge is -2.25. The van der Waals surface area contributed by atoms with Crippen LogP contribution in [0.4, 0.5) is 5.69 Å². The molecular weight excluding hydrogens is 378 g/mol. The van der Waals surface area contributed by atoms with Gasteiger partial charge in [0, 0.05) is 16.1 Å². The quantitative estimate of drug-likeness (QED) is 0.455. The highest BCUT2D eigenvalue weighted by Gasteiger charge is 2.66. The van der Waals surface area contributed by atoms with Gasteiger partial charge in [-0.05, 0) is 25.1 Å². The van der Waals surface area contributed by atoms with E-state index in [2.05, 4.69) is 0 Å². The van der Waals surface area contributed by atoms with Gasteiger partial charge in [0.05, 0.1) is 29.2 Å². The van der Waals surface area contributed by atoms with Crippen molar-refractivity contribution in [3.05, 3.63) is 76.8 Å². The second-order valence-corrected chi connectivity index (χ2v) is 7.93. The summed E-state index contributed by atoms with van der Waals surface area (Å²) in [4.78, 5) is 40.6. The molecule has 0 aromatic heterocycles. The number of carbonyl (C=O) groups is 3. The molecule has 28 heavy (non-hydrogen) atoms. The first-order valence-electron chi connectivity index (χ1n) is 9.05. The van der Waals surface area contributed by atoms with Gasteiger partial charge in [0.25, 0.3) is 0 Å². The number of ketones is 1. The molecule has 0 radical (unpaired) electrons. The second-order valence-electron chi connectivity index (χ2n) is 7.50. The van der Waals surface area contributed by atoms with Crippen molar-refractivity contribution in [2.45, 2.75) is 18.6 Å². The molecule has 0 unspecified atom stereocenters. The van der Waals surface area contributed by atoms with Crippen LogP contribution in [0.25, 0.3) is 0 Å². The minimum atomic E-state index is -0.785. The summed E-state index contributed by atoms with van der Waals surface area (Å²) in [5.41, 5.74) is 0.173. The first-order valence-corrected chi connectivity index (χ1v) is 9.43. The number of anilines is 1. The van der Waals surface area contributed by atoms with Crippen LogP contribution in [0.1, 0.15) is 22.8 Å². The fraction of sp³-hybridized carbons (Fsp3) is 0.227. The molecule has 5 nitrogen and oxygen atoms in total. The van der Waals surface area contributed by atoms with E-state index in [0.717, 1.165) is 4.90 Å². The monoisotopic (exact) mass is 393 g/mol. The van der Waals surface area contributed by atoms with E-state index in [-0.39, 0.29) is 28.8 Å². The van der Waals surface area contributed by atoms with Crippen LogP contribution in [0.2, 0.25) is 5.02 Å². The zero-order valence-corrected chi connectivity index (χ0v) is 15.7. The summed E-state index contributed by atoms with van der Waals surface area (Å²) in [7, 11) is 0. The van der Waals surface area contributed by atoms with Crippen molar-refractivity contribution in [3.8, 4) is 0 Å². The van der Waals surface area contributed by atoms with Gasteiger partial charge in [-0.3, -0.25) is 14.4 Å². The van der Waals surface area contributed by atoms with Crippen molar-refractivity contribution in [3.63, 3.8) is 0 Å². The lowest BCUT2D eigenvalue weighted by molar-refractivity contribution is -0.126. The zero-order chi connectivity index (χ0) is 19.6. The van der Waals surface area contributed by atoms with Gasteiger partial charge < -0.3 is 4.74 Å². The van der Waals surface area contributed by atoms with E-state index in [9.17, 15) is 14.4 Å². The lowest BCUT2D eigenvalue weighted by Crippen LogP contribution is -2.39. The van der Waals surface area contributed by atoms with Gasteiger partial charge in [0.2, 0.25) is 11.8 Å². The molecule has 3 heterocycles. The predicted molar refractivity (Wildman–Crippen MR) is 103 cm³/mol. The number of hydrogen-bond acceptors (Lipinski definition) is 4. The van der Waals surface area contributed by atoms with E-state index in [1.807, 2.05) is 25.1 Å². The molecule has 2 fully saturated rings. The number of hydrogen-bond donors (Lipinski definition) is 0. The Hall–Kier alpha value is -2.76. The number of fused-ring (bicyclic) bond motifs is 5. The smallest absolute Gasteiger partial charge is 0.241 e. The van der Waals surface area contributed by atoms with Crippen molar-refractivity contribution in [1.29, 1.82) is 0 Å². The van der Waals surface area contributed by atoms with Crippen LogP contribution < -0.4 is 4.90 Å². The first-order chi connectivity index (χ1) is 13.4. The third kappa shape index (κ3) is 2.26. The molecule has 140 valence electrons. The minimum absolute atomic E-state index is 0.228. The summed E-state index contributed by atoms with van der Waals surface area (Å²) in [5.74, 6) is -2.10.